The molecule has 0 aliphatic rings. The zero-order valence-corrected chi connectivity index (χ0v) is 16.7. The van der Waals surface area contributed by atoms with Crippen molar-refractivity contribution in [3.05, 3.63) is 48.3 Å². The molecule has 2 N–H and O–H groups in total. The van der Waals surface area contributed by atoms with Crippen LogP contribution in [0.2, 0.25) is 0 Å². The van der Waals surface area contributed by atoms with Gasteiger partial charge in [-0.1, -0.05) is 12.1 Å². The molecular formula is C19H22N4O4S. The zero-order chi connectivity index (χ0) is 20.3. The summed E-state index contributed by atoms with van der Waals surface area (Å²) in [5.74, 6) is 0.507. The lowest BCUT2D eigenvalue weighted by molar-refractivity contribution is -0.114. The predicted molar refractivity (Wildman–Crippen MR) is 107 cm³/mol. The fourth-order valence-electron chi connectivity index (χ4n) is 3.02. The van der Waals surface area contributed by atoms with Crippen molar-refractivity contribution >= 4 is 32.7 Å². The molecule has 1 aromatic heterocycles. The lowest BCUT2D eigenvalue weighted by Crippen LogP contribution is -2.25. The van der Waals surface area contributed by atoms with Gasteiger partial charge < -0.3 is 14.6 Å². The Kier molecular flexibility index (Phi) is 5.66. The molecule has 8 nitrogen and oxygen atoms in total. The monoisotopic (exact) mass is 402 g/mol. The normalized spacial score (nSPS) is 11.5. The number of amides is 1. The second kappa shape index (κ2) is 7.99. The number of nitrogens with one attached hydrogen (secondary N) is 2. The van der Waals surface area contributed by atoms with E-state index in [9.17, 15) is 13.2 Å². The van der Waals surface area contributed by atoms with E-state index >= 15 is 0 Å². The van der Waals surface area contributed by atoms with Gasteiger partial charge in [0, 0.05) is 19.2 Å². The minimum absolute atomic E-state index is 0.0262. The van der Waals surface area contributed by atoms with E-state index in [0.717, 1.165) is 11.0 Å². The van der Waals surface area contributed by atoms with Crippen LogP contribution in [0.1, 0.15) is 19.7 Å². The number of hydrogen-bond donors (Lipinski definition) is 2. The number of sulfonamides is 1. The van der Waals surface area contributed by atoms with Crippen LogP contribution >= 0.6 is 0 Å². The summed E-state index contributed by atoms with van der Waals surface area (Å²) in [6, 6.07) is 12.1. The first-order valence-corrected chi connectivity index (χ1v) is 10.2. The summed E-state index contributed by atoms with van der Waals surface area (Å²) in [5.41, 5.74) is 2.13. The van der Waals surface area contributed by atoms with Crippen LogP contribution in [-0.4, -0.2) is 31.0 Å². The molecular weight excluding hydrogens is 380 g/mol. The molecule has 1 heterocycles. The highest BCUT2D eigenvalue weighted by molar-refractivity contribution is 7.89. The van der Waals surface area contributed by atoms with E-state index in [1.807, 2.05) is 35.8 Å². The SMILES string of the molecule is CCn1c(CNS(=O)(=O)c2cc(NC(C)=O)ccc2OC)nc2ccccc21. The number of aromatic nitrogens is 2. The maximum atomic E-state index is 12.9. The van der Waals surface area contributed by atoms with Crippen molar-refractivity contribution in [2.45, 2.75) is 31.8 Å². The molecule has 0 bridgehead atoms. The van der Waals surface area contributed by atoms with Gasteiger partial charge in [0.05, 0.1) is 24.7 Å². The maximum absolute atomic E-state index is 12.9. The fourth-order valence-corrected chi connectivity index (χ4v) is 4.19. The van der Waals surface area contributed by atoms with Crippen molar-refractivity contribution in [3.63, 3.8) is 0 Å². The molecule has 148 valence electrons. The van der Waals surface area contributed by atoms with Crippen molar-refractivity contribution in [1.82, 2.24) is 14.3 Å². The standard InChI is InChI=1S/C19H22N4O4S/c1-4-23-16-8-6-5-7-15(16)22-19(23)12-20-28(25,26)18-11-14(21-13(2)24)9-10-17(18)27-3/h5-11,20H,4,12H2,1-3H3,(H,21,24). The first-order valence-electron chi connectivity index (χ1n) is 8.75. The van der Waals surface area contributed by atoms with Gasteiger partial charge in [0.1, 0.15) is 16.5 Å². The van der Waals surface area contributed by atoms with Gasteiger partial charge in [0.2, 0.25) is 15.9 Å². The van der Waals surface area contributed by atoms with Gasteiger partial charge in [0.15, 0.2) is 0 Å². The number of carbonyl (C=O) groups is 1. The van der Waals surface area contributed by atoms with E-state index in [4.69, 9.17) is 4.74 Å². The van der Waals surface area contributed by atoms with Gasteiger partial charge in [-0.2, -0.15) is 0 Å². The van der Waals surface area contributed by atoms with Gasteiger partial charge in [-0.25, -0.2) is 18.1 Å². The van der Waals surface area contributed by atoms with Crippen LogP contribution in [0.3, 0.4) is 0 Å². The summed E-state index contributed by atoms with van der Waals surface area (Å²) in [7, 11) is -2.51. The highest BCUT2D eigenvalue weighted by Gasteiger charge is 2.21. The van der Waals surface area contributed by atoms with Gasteiger partial charge in [0.25, 0.3) is 0 Å². The van der Waals surface area contributed by atoms with Crippen molar-refractivity contribution in [1.29, 1.82) is 0 Å². The summed E-state index contributed by atoms with van der Waals surface area (Å²) >= 11 is 0. The summed E-state index contributed by atoms with van der Waals surface area (Å²) in [6.07, 6.45) is 0. The molecule has 0 fully saturated rings. The average molecular weight is 402 g/mol. The number of carbonyl (C=O) groups excluding carboxylic acids is 1. The van der Waals surface area contributed by atoms with E-state index in [-0.39, 0.29) is 23.1 Å². The third-order valence-electron chi connectivity index (χ3n) is 4.24. The molecule has 3 aromatic rings. The van der Waals surface area contributed by atoms with Crippen molar-refractivity contribution < 1.29 is 17.9 Å². The Morgan fingerprint density at radius 1 is 1.21 bits per heavy atom. The Morgan fingerprint density at radius 2 is 1.96 bits per heavy atom. The first kappa shape index (κ1) is 19.8. The summed E-state index contributed by atoms with van der Waals surface area (Å²) in [4.78, 5) is 15.7. The molecule has 2 aromatic carbocycles. The van der Waals surface area contributed by atoms with Crippen LogP contribution < -0.4 is 14.8 Å². The molecule has 0 atom stereocenters. The quantitative estimate of drug-likeness (QED) is 0.632. The number of methoxy groups -OCH3 is 1. The topological polar surface area (TPSA) is 102 Å². The Balaban J connectivity index is 1.91. The van der Waals surface area contributed by atoms with E-state index < -0.39 is 10.0 Å². The number of ether oxygens (including phenoxy) is 1. The highest BCUT2D eigenvalue weighted by Crippen LogP contribution is 2.27. The van der Waals surface area contributed by atoms with Crippen LogP contribution in [0.4, 0.5) is 5.69 Å². The van der Waals surface area contributed by atoms with Crippen molar-refractivity contribution in [3.8, 4) is 5.75 Å². The second-order valence-electron chi connectivity index (χ2n) is 6.13. The first-order chi connectivity index (χ1) is 13.4. The number of imidazole rings is 1. The van der Waals surface area contributed by atoms with Crippen LogP contribution in [-0.2, 0) is 27.9 Å². The van der Waals surface area contributed by atoms with E-state index in [0.29, 0.717) is 18.1 Å². The second-order valence-corrected chi connectivity index (χ2v) is 7.87. The molecule has 0 aliphatic carbocycles. The molecule has 9 heteroatoms. The minimum atomic E-state index is -3.90. The minimum Gasteiger partial charge on any atom is -0.495 e. The maximum Gasteiger partial charge on any atom is 0.244 e. The van der Waals surface area contributed by atoms with Crippen molar-refractivity contribution in [2.75, 3.05) is 12.4 Å². The van der Waals surface area contributed by atoms with Crippen LogP contribution in [0, 0.1) is 0 Å². The van der Waals surface area contributed by atoms with Crippen LogP contribution in [0.5, 0.6) is 5.75 Å². The zero-order valence-electron chi connectivity index (χ0n) is 15.9. The Morgan fingerprint density at radius 3 is 2.64 bits per heavy atom. The summed E-state index contributed by atoms with van der Waals surface area (Å²) in [5, 5.41) is 2.58. The van der Waals surface area contributed by atoms with Gasteiger partial charge in [-0.05, 0) is 37.3 Å². The lowest BCUT2D eigenvalue weighted by Gasteiger charge is -2.13. The summed E-state index contributed by atoms with van der Waals surface area (Å²) in [6.45, 7) is 4.02. The molecule has 0 saturated heterocycles. The summed E-state index contributed by atoms with van der Waals surface area (Å²) < 4.78 is 35.5. The molecule has 28 heavy (non-hydrogen) atoms. The molecule has 0 saturated carbocycles. The third kappa shape index (κ3) is 4.00. The van der Waals surface area contributed by atoms with Gasteiger partial charge >= 0.3 is 0 Å². The van der Waals surface area contributed by atoms with Crippen LogP contribution in [0.25, 0.3) is 11.0 Å². The van der Waals surface area contributed by atoms with Gasteiger partial charge in [-0.3, -0.25) is 4.79 Å². The fraction of sp³-hybridized carbons (Fsp3) is 0.263. The smallest absolute Gasteiger partial charge is 0.244 e. The number of anilines is 1. The van der Waals surface area contributed by atoms with Gasteiger partial charge in [-0.15, -0.1) is 0 Å². The number of hydrogen-bond acceptors (Lipinski definition) is 5. The highest BCUT2D eigenvalue weighted by atomic mass is 32.2. The number of rotatable bonds is 7. The number of para-hydroxylation sites is 2. The molecule has 0 radical (unpaired) electrons. The number of fused-ring (bicyclic) bond motifs is 1. The molecule has 0 spiro atoms. The molecule has 3 rings (SSSR count). The molecule has 0 aliphatic heterocycles. The van der Waals surface area contributed by atoms with Crippen LogP contribution in [0.15, 0.2) is 47.4 Å². The third-order valence-corrected chi connectivity index (χ3v) is 5.67. The number of nitrogens with zero attached hydrogens (tertiary/aromatic N) is 2. The average Bonchev–Trinajstić information content (AvgIpc) is 3.03. The van der Waals surface area contributed by atoms with E-state index in [2.05, 4.69) is 15.0 Å². The van der Waals surface area contributed by atoms with E-state index in [1.54, 1.807) is 6.07 Å². The number of benzene rings is 2. The number of aryl methyl sites for hydroxylation is 1. The predicted octanol–water partition coefficient (Wildman–Crippen LogP) is 2.50. The molecule has 0 unspecified atom stereocenters. The largest absolute Gasteiger partial charge is 0.495 e. The molecule has 1 amide bonds. The lowest BCUT2D eigenvalue weighted by atomic mass is 10.3. The Hall–Kier alpha value is -2.91. The van der Waals surface area contributed by atoms with Crippen molar-refractivity contribution in [2.24, 2.45) is 0 Å². The Labute approximate surface area is 163 Å². The van der Waals surface area contributed by atoms with E-state index in [1.165, 1.54) is 26.2 Å². The Bertz CT molecular complexity index is 1120.